The number of hydrogen-bond acceptors (Lipinski definition) is 3. The number of pyridine rings is 1. The Morgan fingerprint density at radius 2 is 2.17 bits per heavy atom. The Balaban J connectivity index is 2.09. The summed E-state index contributed by atoms with van der Waals surface area (Å²) in [6.45, 7) is 4.92. The normalized spacial score (nSPS) is 22.8. The van der Waals surface area contributed by atoms with E-state index in [1.54, 1.807) is 12.4 Å². The van der Waals surface area contributed by atoms with Crippen LogP contribution in [0.4, 0.5) is 0 Å². The van der Waals surface area contributed by atoms with Gasteiger partial charge >= 0.3 is 0 Å². The summed E-state index contributed by atoms with van der Waals surface area (Å²) in [6, 6.07) is 3.83. The zero-order valence-corrected chi connectivity index (χ0v) is 11.1. The van der Waals surface area contributed by atoms with E-state index in [9.17, 15) is 4.79 Å². The minimum atomic E-state index is -0.248. The van der Waals surface area contributed by atoms with Crippen LogP contribution in [-0.2, 0) is 11.2 Å². The van der Waals surface area contributed by atoms with E-state index in [2.05, 4.69) is 18.8 Å². The summed E-state index contributed by atoms with van der Waals surface area (Å²) in [4.78, 5) is 18.3. The molecule has 1 amide bonds. The van der Waals surface area contributed by atoms with Gasteiger partial charge in [-0.2, -0.15) is 0 Å². The predicted molar refractivity (Wildman–Crippen MR) is 70.9 cm³/mol. The van der Waals surface area contributed by atoms with Crippen LogP contribution in [0.1, 0.15) is 32.3 Å². The van der Waals surface area contributed by atoms with Crippen molar-refractivity contribution >= 4 is 5.91 Å². The SMILES string of the molecule is CC1(C)C(N)CCCN1C(=O)Cc1ccncc1. The van der Waals surface area contributed by atoms with E-state index in [0.29, 0.717) is 6.42 Å². The van der Waals surface area contributed by atoms with E-state index < -0.39 is 0 Å². The molecule has 4 nitrogen and oxygen atoms in total. The second-order valence-electron chi connectivity index (χ2n) is 5.48. The lowest BCUT2D eigenvalue weighted by molar-refractivity contribution is -0.138. The molecule has 2 N–H and O–H groups in total. The molecule has 0 spiro atoms. The maximum atomic E-state index is 12.4. The minimum absolute atomic E-state index is 0.0626. The third-order valence-corrected chi connectivity index (χ3v) is 3.91. The van der Waals surface area contributed by atoms with E-state index in [1.807, 2.05) is 17.0 Å². The number of nitrogens with zero attached hydrogens (tertiary/aromatic N) is 2. The molecule has 0 saturated carbocycles. The first-order chi connectivity index (χ1) is 8.51. The van der Waals surface area contributed by atoms with Crippen molar-refractivity contribution in [3.8, 4) is 0 Å². The molecule has 2 rings (SSSR count). The molecule has 0 bridgehead atoms. The van der Waals surface area contributed by atoms with Crippen LogP contribution in [-0.4, -0.2) is 33.9 Å². The molecule has 1 saturated heterocycles. The van der Waals surface area contributed by atoms with Gasteiger partial charge in [0.1, 0.15) is 0 Å². The van der Waals surface area contributed by atoms with Crippen LogP contribution >= 0.6 is 0 Å². The van der Waals surface area contributed by atoms with Crippen LogP contribution in [0.2, 0.25) is 0 Å². The minimum Gasteiger partial charge on any atom is -0.336 e. The van der Waals surface area contributed by atoms with Crippen LogP contribution in [0.25, 0.3) is 0 Å². The Morgan fingerprint density at radius 1 is 1.50 bits per heavy atom. The first-order valence-corrected chi connectivity index (χ1v) is 6.47. The van der Waals surface area contributed by atoms with E-state index >= 15 is 0 Å². The molecule has 1 atom stereocenters. The number of likely N-dealkylation sites (tertiary alicyclic amines) is 1. The second-order valence-corrected chi connectivity index (χ2v) is 5.48. The van der Waals surface area contributed by atoms with Gasteiger partial charge in [0.05, 0.1) is 12.0 Å². The third-order valence-electron chi connectivity index (χ3n) is 3.91. The summed E-state index contributed by atoms with van der Waals surface area (Å²) in [6.07, 6.45) is 5.85. The van der Waals surface area contributed by atoms with Gasteiger partial charge in [-0.25, -0.2) is 0 Å². The van der Waals surface area contributed by atoms with Crippen molar-refractivity contribution in [3.05, 3.63) is 30.1 Å². The van der Waals surface area contributed by atoms with E-state index in [4.69, 9.17) is 5.73 Å². The molecular weight excluding hydrogens is 226 g/mol. The highest BCUT2D eigenvalue weighted by Crippen LogP contribution is 2.27. The highest BCUT2D eigenvalue weighted by molar-refractivity contribution is 5.79. The van der Waals surface area contributed by atoms with Crippen LogP contribution in [0.3, 0.4) is 0 Å². The fraction of sp³-hybridized carbons (Fsp3) is 0.571. The van der Waals surface area contributed by atoms with Gasteiger partial charge in [0, 0.05) is 25.0 Å². The summed E-state index contributed by atoms with van der Waals surface area (Å²) < 4.78 is 0. The first kappa shape index (κ1) is 13.0. The Morgan fingerprint density at radius 3 is 2.83 bits per heavy atom. The van der Waals surface area contributed by atoms with Crippen molar-refractivity contribution < 1.29 is 4.79 Å². The van der Waals surface area contributed by atoms with Crippen molar-refractivity contribution in [2.75, 3.05) is 6.54 Å². The van der Waals surface area contributed by atoms with Gasteiger partial charge in [0.2, 0.25) is 5.91 Å². The van der Waals surface area contributed by atoms with Crippen LogP contribution in [0.15, 0.2) is 24.5 Å². The molecule has 1 fully saturated rings. The van der Waals surface area contributed by atoms with Crippen molar-refractivity contribution in [3.63, 3.8) is 0 Å². The molecule has 0 aliphatic carbocycles. The number of carbonyl (C=O) groups excluding carboxylic acids is 1. The molecule has 4 heteroatoms. The molecule has 1 unspecified atom stereocenters. The van der Waals surface area contributed by atoms with Crippen molar-refractivity contribution in [2.45, 2.75) is 44.7 Å². The van der Waals surface area contributed by atoms with E-state index in [1.165, 1.54) is 0 Å². The number of hydrogen-bond donors (Lipinski definition) is 1. The smallest absolute Gasteiger partial charge is 0.227 e. The van der Waals surface area contributed by atoms with Crippen LogP contribution in [0, 0.1) is 0 Å². The van der Waals surface area contributed by atoms with E-state index in [0.717, 1.165) is 24.9 Å². The molecular formula is C14H21N3O. The summed E-state index contributed by atoms with van der Waals surface area (Å²) in [5.41, 5.74) is 6.89. The maximum Gasteiger partial charge on any atom is 0.227 e. The molecule has 1 aliphatic rings. The molecule has 0 aromatic carbocycles. The zero-order valence-electron chi connectivity index (χ0n) is 11.1. The van der Waals surface area contributed by atoms with Gasteiger partial charge < -0.3 is 10.6 Å². The molecule has 18 heavy (non-hydrogen) atoms. The molecule has 1 aromatic heterocycles. The summed E-state index contributed by atoms with van der Waals surface area (Å²) >= 11 is 0. The number of nitrogens with two attached hydrogens (primary N) is 1. The second kappa shape index (κ2) is 5.06. The number of amides is 1. The Labute approximate surface area is 108 Å². The Hall–Kier alpha value is -1.42. The zero-order chi connectivity index (χ0) is 13.2. The molecule has 1 aliphatic heterocycles. The van der Waals surface area contributed by atoms with Crippen LogP contribution in [0.5, 0.6) is 0 Å². The fourth-order valence-corrected chi connectivity index (χ4v) is 2.53. The Bertz CT molecular complexity index is 416. The lowest BCUT2D eigenvalue weighted by Gasteiger charge is -2.46. The predicted octanol–water partition coefficient (Wildman–Crippen LogP) is 1.35. The van der Waals surface area contributed by atoms with Crippen molar-refractivity contribution in [1.29, 1.82) is 0 Å². The first-order valence-electron chi connectivity index (χ1n) is 6.47. The van der Waals surface area contributed by atoms with Gasteiger partial charge in [-0.3, -0.25) is 9.78 Å². The summed E-state index contributed by atoms with van der Waals surface area (Å²) in [5, 5.41) is 0. The van der Waals surface area contributed by atoms with Gasteiger partial charge in [-0.05, 0) is 44.4 Å². The largest absolute Gasteiger partial charge is 0.336 e. The number of piperidine rings is 1. The monoisotopic (exact) mass is 247 g/mol. The van der Waals surface area contributed by atoms with Crippen molar-refractivity contribution in [2.24, 2.45) is 5.73 Å². The molecule has 98 valence electrons. The van der Waals surface area contributed by atoms with Gasteiger partial charge in [-0.15, -0.1) is 0 Å². The Kier molecular flexibility index (Phi) is 3.66. The molecule has 2 heterocycles. The fourth-order valence-electron chi connectivity index (χ4n) is 2.53. The van der Waals surface area contributed by atoms with Gasteiger partial charge in [0.25, 0.3) is 0 Å². The van der Waals surface area contributed by atoms with Crippen molar-refractivity contribution in [1.82, 2.24) is 9.88 Å². The highest BCUT2D eigenvalue weighted by Gasteiger charge is 2.38. The lowest BCUT2D eigenvalue weighted by atomic mass is 9.85. The summed E-state index contributed by atoms with van der Waals surface area (Å²) in [7, 11) is 0. The van der Waals surface area contributed by atoms with Gasteiger partial charge in [0.15, 0.2) is 0 Å². The number of aromatic nitrogens is 1. The lowest BCUT2D eigenvalue weighted by Crippen LogP contribution is -2.61. The van der Waals surface area contributed by atoms with E-state index in [-0.39, 0.29) is 17.5 Å². The van der Waals surface area contributed by atoms with Crippen LogP contribution < -0.4 is 5.73 Å². The number of rotatable bonds is 2. The number of carbonyl (C=O) groups is 1. The quantitative estimate of drug-likeness (QED) is 0.858. The topological polar surface area (TPSA) is 59.2 Å². The van der Waals surface area contributed by atoms with Gasteiger partial charge in [-0.1, -0.05) is 0 Å². The third kappa shape index (κ3) is 2.53. The highest BCUT2D eigenvalue weighted by atomic mass is 16.2. The molecule has 1 aromatic rings. The maximum absolute atomic E-state index is 12.4. The standard InChI is InChI=1S/C14H21N3O/c1-14(2)12(15)4-3-9-17(14)13(18)10-11-5-7-16-8-6-11/h5-8,12H,3-4,9-10,15H2,1-2H3. The average molecular weight is 247 g/mol. The average Bonchev–Trinajstić information content (AvgIpc) is 2.33. The summed E-state index contributed by atoms with van der Waals surface area (Å²) in [5.74, 6) is 0.154. The molecule has 0 radical (unpaired) electrons.